The molecular formula is C17H34. The fourth-order valence-corrected chi connectivity index (χ4v) is 2.74. The summed E-state index contributed by atoms with van der Waals surface area (Å²) in [6.07, 6.45) is 7.54. The summed E-state index contributed by atoms with van der Waals surface area (Å²) in [6, 6.07) is 0. The molecule has 1 unspecified atom stereocenters. The number of allylic oxidation sites excluding steroid dienone is 2. The molecule has 0 fully saturated rings. The molecule has 0 heterocycles. The molecular weight excluding hydrogens is 204 g/mol. The Balaban J connectivity index is 4.64. The normalized spacial score (nSPS) is 17.4. The second-order valence-corrected chi connectivity index (χ2v) is 7.15. The van der Waals surface area contributed by atoms with Gasteiger partial charge < -0.3 is 0 Å². The van der Waals surface area contributed by atoms with E-state index in [1.807, 2.05) is 0 Å². The van der Waals surface area contributed by atoms with Crippen LogP contribution in [-0.2, 0) is 0 Å². The minimum Gasteiger partial charge on any atom is -0.0879 e. The van der Waals surface area contributed by atoms with Crippen LogP contribution >= 0.6 is 0 Å². The average molecular weight is 238 g/mol. The number of hydrogen-bond acceptors (Lipinski definition) is 0. The summed E-state index contributed by atoms with van der Waals surface area (Å²) in [5.41, 5.74) is 2.51. The van der Waals surface area contributed by atoms with Crippen LogP contribution in [0.4, 0.5) is 0 Å². The summed E-state index contributed by atoms with van der Waals surface area (Å²) in [6.45, 7) is 18.7. The van der Waals surface area contributed by atoms with Gasteiger partial charge in [-0.3, -0.25) is 0 Å². The summed E-state index contributed by atoms with van der Waals surface area (Å²) < 4.78 is 0. The maximum atomic E-state index is 2.46. The Morgan fingerprint density at radius 1 is 1.06 bits per heavy atom. The molecule has 0 aliphatic rings. The van der Waals surface area contributed by atoms with Gasteiger partial charge in [0.1, 0.15) is 0 Å². The summed E-state index contributed by atoms with van der Waals surface area (Å²) in [7, 11) is 0. The molecule has 0 nitrogen and oxygen atoms in total. The summed E-state index contributed by atoms with van der Waals surface area (Å²) in [4.78, 5) is 0. The maximum Gasteiger partial charge on any atom is -0.00936 e. The molecule has 102 valence electrons. The van der Waals surface area contributed by atoms with Gasteiger partial charge in [-0.05, 0) is 42.9 Å². The first-order valence-corrected chi connectivity index (χ1v) is 7.33. The fraction of sp³-hybridized carbons (Fsp3) is 0.882. The zero-order valence-electron chi connectivity index (χ0n) is 13.5. The third-order valence-electron chi connectivity index (χ3n) is 4.36. The molecule has 0 aromatic rings. The molecule has 17 heavy (non-hydrogen) atoms. The third-order valence-corrected chi connectivity index (χ3v) is 4.36. The molecule has 0 saturated carbocycles. The highest BCUT2D eigenvalue weighted by Crippen LogP contribution is 2.42. The van der Waals surface area contributed by atoms with Crippen molar-refractivity contribution in [3.8, 4) is 0 Å². The lowest BCUT2D eigenvalue weighted by Gasteiger charge is -2.37. The van der Waals surface area contributed by atoms with Crippen LogP contribution in [0.15, 0.2) is 11.6 Å². The average Bonchev–Trinajstić information content (AvgIpc) is 2.17. The summed E-state index contributed by atoms with van der Waals surface area (Å²) in [5, 5.41) is 0. The zero-order chi connectivity index (χ0) is 13.7. The fourth-order valence-electron chi connectivity index (χ4n) is 2.74. The lowest BCUT2D eigenvalue weighted by atomic mass is 9.68. The van der Waals surface area contributed by atoms with E-state index < -0.39 is 0 Å². The number of rotatable bonds is 6. The molecule has 1 atom stereocenters. The van der Waals surface area contributed by atoms with Crippen molar-refractivity contribution in [2.45, 2.75) is 81.1 Å². The summed E-state index contributed by atoms with van der Waals surface area (Å²) in [5.74, 6) is 0.730. The number of hydrogen-bond donors (Lipinski definition) is 0. The van der Waals surface area contributed by atoms with E-state index in [0.717, 1.165) is 5.92 Å². The molecule has 0 N–H and O–H groups in total. The Morgan fingerprint density at radius 2 is 1.59 bits per heavy atom. The Kier molecular flexibility index (Phi) is 6.51. The Bertz CT molecular complexity index is 239. The molecule has 0 bridgehead atoms. The predicted octanol–water partition coefficient (Wildman–Crippen LogP) is 6.22. The Morgan fingerprint density at radius 3 is 1.88 bits per heavy atom. The highest BCUT2D eigenvalue weighted by molar-refractivity contribution is 5.13. The van der Waals surface area contributed by atoms with Crippen molar-refractivity contribution in [1.29, 1.82) is 0 Å². The largest absolute Gasteiger partial charge is 0.0879 e. The van der Waals surface area contributed by atoms with Gasteiger partial charge in [0.15, 0.2) is 0 Å². The third kappa shape index (κ3) is 5.27. The van der Waals surface area contributed by atoms with Crippen molar-refractivity contribution in [2.24, 2.45) is 16.7 Å². The van der Waals surface area contributed by atoms with Crippen LogP contribution in [0.2, 0.25) is 0 Å². The van der Waals surface area contributed by atoms with Gasteiger partial charge in [0.25, 0.3) is 0 Å². The van der Waals surface area contributed by atoms with Gasteiger partial charge in [-0.25, -0.2) is 0 Å². The first kappa shape index (κ1) is 16.7. The maximum absolute atomic E-state index is 2.46. The van der Waals surface area contributed by atoms with Crippen molar-refractivity contribution in [3.05, 3.63) is 11.6 Å². The van der Waals surface area contributed by atoms with Crippen molar-refractivity contribution < 1.29 is 0 Å². The minimum absolute atomic E-state index is 0.398. The van der Waals surface area contributed by atoms with E-state index in [4.69, 9.17) is 0 Å². The molecule has 0 amide bonds. The molecule has 0 spiro atoms. The van der Waals surface area contributed by atoms with E-state index in [2.05, 4.69) is 61.5 Å². The van der Waals surface area contributed by atoms with Gasteiger partial charge in [0.05, 0.1) is 0 Å². The lowest BCUT2D eigenvalue weighted by molar-refractivity contribution is 0.224. The minimum atomic E-state index is 0.398. The molecule has 0 heteroatoms. The van der Waals surface area contributed by atoms with E-state index in [1.54, 1.807) is 5.57 Å². The van der Waals surface area contributed by atoms with E-state index in [1.165, 1.54) is 25.7 Å². The predicted molar refractivity (Wildman–Crippen MR) is 80.3 cm³/mol. The van der Waals surface area contributed by atoms with Gasteiger partial charge in [0, 0.05) is 0 Å². The van der Waals surface area contributed by atoms with E-state index in [0.29, 0.717) is 10.8 Å². The van der Waals surface area contributed by atoms with Crippen LogP contribution in [0.5, 0.6) is 0 Å². The van der Waals surface area contributed by atoms with Gasteiger partial charge >= 0.3 is 0 Å². The topological polar surface area (TPSA) is 0 Å². The van der Waals surface area contributed by atoms with E-state index in [9.17, 15) is 0 Å². The molecule has 0 aromatic carbocycles. The van der Waals surface area contributed by atoms with E-state index in [-0.39, 0.29) is 0 Å². The lowest BCUT2D eigenvalue weighted by Crippen LogP contribution is -2.26. The quantitative estimate of drug-likeness (QED) is 0.482. The van der Waals surface area contributed by atoms with Crippen LogP contribution in [-0.4, -0.2) is 0 Å². The smallest absolute Gasteiger partial charge is 0.00936 e. The van der Waals surface area contributed by atoms with Gasteiger partial charge in [0.2, 0.25) is 0 Å². The second kappa shape index (κ2) is 6.61. The molecule has 0 saturated heterocycles. The first-order chi connectivity index (χ1) is 7.67. The summed E-state index contributed by atoms with van der Waals surface area (Å²) >= 11 is 0. The Hall–Kier alpha value is -0.260. The van der Waals surface area contributed by atoms with Crippen molar-refractivity contribution in [2.75, 3.05) is 0 Å². The van der Waals surface area contributed by atoms with Crippen LogP contribution in [0.25, 0.3) is 0 Å². The second-order valence-electron chi connectivity index (χ2n) is 7.15. The zero-order valence-corrected chi connectivity index (χ0v) is 13.5. The molecule has 0 aromatic heterocycles. The van der Waals surface area contributed by atoms with Crippen molar-refractivity contribution >= 4 is 0 Å². The van der Waals surface area contributed by atoms with Crippen LogP contribution in [0.1, 0.15) is 81.1 Å². The van der Waals surface area contributed by atoms with Crippen molar-refractivity contribution in [3.63, 3.8) is 0 Å². The van der Waals surface area contributed by atoms with Gasteiger partial charge in [-0.2, -0.15) is 0 Å². The van der Waals surface area contributed by atoms with Gasteiger partial charge in [-0.1, -0.05) is 66.5 Å². The van der Waals surface area contributed by atoms with Crippen molar-refractivity contribution in [1.82, 2.24) is 0 Å². The highest BCUT2D eigenvalue weighted by atomic mass is 14.4. The molecule has 0 radical (unpaired) electrons. The van der Waals surface area contributed by atoms with Crippen LogP contribution in [0, 0.1) is 16.7 Å². The molecule has 0 rings (SSSR count). The SMILES string of the molecule is CC=C(CC)C(C)(CCCC(C)(C)C)C(C)C. The Labute approximate surface area is 110 Å². The molecule has 0 aliphatic carbocycles. The highest BCUT2D eigenvalue weighted by Gasteiger charge is 2.30. The van der Waals surface area contributed by atoms with Crippen LogP contribution < -0.4 is 0 Å². The standard InChI is InChI=1S/C17H34/c1-9-15(10-2)17(8,14(3)4)13-11-12-16(5,6)7/h9,14H,10-13H2,1-8H3. The monoisotopic (exact) mass is 238 g/mol. The molecule has 0 aliphatic heterocycles. The van der Waals surface area contributed by atoms with Gasteiger partial charge in [-0.15, -0.1) is 0 Å². The van der Waals surface area contributed by atoms with Crippen LogP contribution in [0.3, 0.4) is 0 Å². The van der Waals surface area contributed by atoms with E-state index >= 15 is 0 Å². The first-order valence-electron chi connectivity index (χ1n) is 7.33.